The van der Waals surface area contributed by atoms with Crippen LogP contribution in [0.4, 0.5) is 0 Å². The Bertz CT molecular complexity index is 631. The summed E-state index contributed by atoms with van der Waals surface area (Å²) in [5, 5.41) is 3.10. The van der Waals surface area contributed by atoms with Crippen LogP contribution in [0.3, 0.4) is 0 Å². The monoisotopic (exact) mass is 309 g/mol. The maximum absolute atomic E-state index is 12.1. The molecule has 2 heterocycles. The number of benzene rings is 1. The van der Waals surface area contributed by atoms with Crippen LogP contribution in [0.2, 0.25) is 0 Å². The van der Waals surface area contributed by atoms with Gasteiger partial charge in [0.05, 0.1) is 0 Å². The average Bonchev–Trinajstić information content (AvgIpc) is 2.59. The highest BCUT2D eigenvalue weighted by Gasteiger charge is 2.21. The maximum atomic E-state index is 12.1. The van der Waals surface area contributed by atoms with E-state index in [-0.39, 0.29) is 11.9 Å². The first-order valence-corrected chi connectivity index (χ1v) is 8.20. The molecule has 0 unspecified atom stereocenters. The summed E-state index contributed by atoms with van der Waals surface area (Å²) in [4.78, 5) is 18.7. The van der Waals surface area contributed by atoms with Crippen molar-refractivity contribution in [2.75, 3.05) is 13.1 Å². The lowest BCUT2D eigenvalue weighted by Crippen LogP contribution is -2.44. The van der Waals surface area contributed by atoms with Crippen molar-refractivity contribution in [3.8, 4) is 0 Å². The molecule has 0 spiro atoms. The number of carbonyl (C=O) groups is 1. The van der Waals surface area contributed by atoms with Gasteiger partial charge in [-0.15, -0.1) is 0 Å². The smallest absolute Gasteiger partial charge is 0.270 e. The zero-order chi connectivity index (χ0) is 16.1. The first kappa shape index (κ1) is 15.7. The minimum Gasteiger partial charge on any atom is -0.348 e. The van der Waals surface area contributed by atoms with Gasteiger partial charge in [-0.05, 0) is 37.5 Å². The highest BCUT2D eigenvalue weighted by atomic mass is 16.1. The van der Waals surface area contributed by atoms with Crippen LogP contribution in [0, 0.1) is 6.92 Å². The summed E-state index contributed by atoms with van der Waals surface area (Å²) in [6.45, 7) is 5.13. The fourth-order valence-electron chi connectivity index (χ4n) is 2.94. The largest absolute Gasteiger partial charge is 0.348 e. The number of rotatable bonds is 4. The van der Waals surface area contributed by atoms with Crippen LogP contribution in [-0.2, 0) is 6.54 Å². The van der Waals surface area contributed by atoms with Crippen LogP contribution in [0.5, 0.6) is 0 Å². The average molecular weight is 309 g/mol. The molecule has 1 N–H and O–H groups in total. The van der Waals surface area contributed by atoms with Crippen molar-refractivity contribution in [1.82, 2.24) is 15.2 Å². The van der Waals surface area contributed by atoms with Crippen LogP contribution in [0.25, 0.3) is 0 Å². The molecule has 0 radical (unpaired) electrons. The van der Waals surface area contributed by atoms with Gasteiger partial charge in [-0.2, -0.15) is 0 Å². The van der Waals surface area contributed by atoms with Gasteiger partial charge >= 0.3 is 0 Å². The third-order valence-electron chi connectivity index (χ3n) is 4.35. The second-order valence-electron chi connectivity index (χ2n) is 6.22. The number of nitrogens with one attached hydrogen (secondary N) is 1. The summed E-state index contributed by atoms with van der Waals surface area (Å²) in [6, 6.07) is 14.4. The van der Waals surface area contributed by atoms with Gasteiger partial charge in [0.2, 0.25) is 0 Å². The predicted octanol–water partition coefficient (Wildman–Crippen LogP) is 2.78. The Balaban J connectivity index is 1.47. The van der Waals surface area contributed by atoms with Crippen LogP contribution < -0.4 is 5.32 Å². The summed E-state index contributed by atoms with van der Waals surface area (Å²) < 4.78 is 0. The molecule has 4 heteroatoms. The molecule has 120 valence electrons. The first-order valence-electron chi connectivity index (χ1n) is 8.20. The standard InChI is InChI=1S/C19H23N3O/c1-15-5-7-16(8-6-15)14-22-12-9-17(10-13-22)21-19(23)18-4-2-3-11-20-18/h2-8,11,17H,9-10,12-14H2,1H3,(H,21,23). The molecule has 0 bridgehead atoms. The fraction of sp³-hybridized carbons (Fsp3) is 0.368. The lowest BCUT2D eigenvalue weighted by atomic mass is 10.0. The van der Waals surface area contributed by atoms with Crippen LogP contribution in [0.15, 0.2) is 48.7 Å². The summed E-state index contributed by atoms with van der Waals surface area (Å²) in [5.74, 6) is -0.0671. The molecule has 1 aliphatic rings. The topological polar surface area (TPSA) is 45.2 Å². The van der Waals surface area contributed by atoms with E-state index < -0.39 is 0 Å². The zero-order valence-corrected chi connectivity index (χ0v) is 13.5. The molecule has 1 saturated heterocycles. The van der Waals surface area contributed by atoms with E-state index in [1.807, 2.05) is 12.1 Å². The molecule has 4 nitrogen and oxygen atoms in total. The SMILES string of the molecule is Cc1ccc(CN2CCC(NC(=O)c3ccccn3)CC2)cc1. The number of piperidine rings is 1. The second kappa shape index (κ2) is 7.38. The van der Waals surface area contributed by atoms with E-state index in [9.17, 15) is 4.79 Å². The molecule has 1 aromatic heterocycles. The van der Waals surface area contributed by atoms with Gasteiger partial charge in [0, 0.05) is 31.9 Å². The summed E-state index contributed by atoms with van der Waals surface area (Å²) in [6.07, 6.45) is 3.63. The zero-order valence-electron chi connectivity index (χ0n) is 13.5. The summed E-state index contributed by atoms with van der Waals surface area (Å²) >= 11 is 0. The molecular formula is C19H23N3O. The third kappa shape index (κ3) is 4.39. The van der Waals surface area contributed by atoms with E-state index in [4.69, 9.17) is 0 Å². The van der Waals surface area contributed by atoms with E-state index in [1.165, 1.54) is 11.1 Å². The van der Waals surface area contributed by atoms with Crippen molar-refractivity contribution in [3.05, 3.63) is 65.5 Å². The third-order valence-corrected chi connectivity index (χ3v) is 4.35. The van der Waals surface area contributed by atoms with Gasteiger partial charge in [0.15, 0.2) is 0 Å². The van der Waals surface area contributed by atoms with Crippen molar-refractivity contribution in [1.29, 1.82) is 0 Å². The minimum absolute atomic E-state index is 0.0671. The molecule has 0 atom stereocenters. The molecule has 0 aliphatic carbocycles. The molecule has 1 fully saturated rings. The van der Waals surface area contributed by atoms with Gasteiger partial charge in [-0.1, -0.05) is 35.9 Å². The van der Waals surface area contributed by atoms with E-state index in [1.54, 1.807) is 12.3 Å². The van der Waals surface area contributed by atoms with E-state index in [0.717, 1.165) is 32.5 Å². The van der Waals surface area contributed by atoms with Gasteiger partial charge in [0.1, 0.15) is 5.69 Å². The molecule has 3 rings (SSSR count). The Labute approximate surface area is 137 Å². The Hall–Kier alpha value is -2.20. The minimum atomic E-state index is -0.0671. The normalized spacial score (nSPS) is 16.2. The molecule has 0 saturated carbocycles. The number of hydrogen-bond donors (Lipinski definition) is 1. The number of aromatic nitrogens is 1. The number of aryl methyl sites for hydroxylation is 1. The molecule has 1 amide bonds. The second-order valence-corrected chi connectivity index (χ2v) is 6.22. The highest BCUT2D eigenvalue weighted by Crippen LogP contribution is 2.14. The summed E-state index contributed by atoms with van der Waals surface area (Å²) in [7, 11) is 0. The Morgan fingerprint density at radius 1 is 1.17 bits per heavy atom. The van der Waals surface area contributed by atoms with Gasteiger partial charge in [-0.3, -0.25) is 14.7 Å². The van der Waals surface area contributed by atoms with E-state index in [0.29, 0.717) is 5.69 Å². The highest BCUT2D eigenvalue weighted by molar-refractivity contribution is 5.92. The predicted molar refractivity (Wildman–Crippen MR) is 91.2 cm³/mol. The quantitative estimate of drug-likeness (QED) is 0.944. The Morgan fingerprint density at radius 2 is 1.91 bits per heavy atom. The number of likely N-dealkylation sites (tertiary alicyclic amines) is 1. The Morgan fingerprint density at radius 3 is 2.57 bits per heavy atom. The van der Waals surface area contributed by atoms with Crippen LogP contribution in [0.1, 0.15) is 34.5 Å². The fourth-order valence-corrected chi connectivity index (χ4v) is 2.94. The number of nitrogens with zero attached hydrogens (tertiary/aromatic N) is 2. The Kier molecular flexibility index (Phi) is 5.03. The lowest BCUT2D eigenvalue weighted by molar-refractivity contribution is 0.0904. The number of amides is 1. The summed E-state index contributed by atoms with van der Waals surface area (Å²) in [5.41, 5.74) is 3.14. The van der Waals surface area contributed by atoms with E-state index in [2.05, 4.69) is 46.4 Å². The van der Waals surface area contributed by atoms with E-state index >= 15 is 0 Å². The molecule has 2 aromatic rings. The molecule has 23 heavy (non-hydrogen) atoms. The molecule has 1 aromatic carbocycles. The lowest BCUT2D eigenvalue weighted by Gasteiger charge is -2.32. The number of pyridine rings is 1. The van der Waals surface area contributed by atoms with Crippen molar-refractivity contribution >= 4 is 5.91 Å². The van der Waals surface area contributed by atoms with Crippen LogP contribution >= 0.6 is 0 Å². The first-order chi connectivity index (χ1) is 11.2. The number of hydrogen-bond acceptors (Lipinski definition) is 3. The van der Waals surface area contributed by atoms with Crippen molar-refractivity contribution in [2.45, 2.75) is 32.4 Å². The van der Waals surface area contributed by atoms with Gasteiger partial charge < -0.3 is 5.32 Å². The number of carbonyl (C=O) groups excluding carboxylic acids is 1. The van der Waals surface area contributed by atoms with Crippen molar-refractivity contribution < 1.29 is 4.79 Å². The maximum Gasteiger partial charge on any atom is 0.270 e. The molecular weight excluding hydrogens is 286 g/mol. The van der Waals surface area contributed by atoms with Crippen molar-refractivity contribution in [3.63, 3.8) is 0 Å². The van der Waals surface area contributed by atoms with Gasteiger partial charge in [0.25, 0.3) is 5.91 Å². The van der Waals surface area contributed by atoms with Crippen LogP contribution in [-0.4, -0.2) is 34.9 Å². The van der Waals surface area contributed by atoms with Crippen molar-refractivity contribution in [2.24, 2.45) is 0 Å². The molecule has 1 aliphatic heterocycles. The van der Waals surface area contributed by atoms with Gasteiger partial charge in [-0.25, -0.2) is 0 Å².